The van der Waals surface area contributed by atoms with Crippen LogP contribution < -0.4 is 10.2 Å². The lowest BCUT2D eigenvalue weighted by Crippen LogP contribution is -2.43. The van der Waals surface area contributed by atoms with Gasteiger partial charge in [-0.25, -0.2) is 0 Å². The van der Waals surface area contributed by atoms with Crippen molar-refractivity contribution in [3.63, 3.8) is 0 Å². The van der Waals surface area contributed by atoms with Gasteiger partial charge < -0.3 is 10.2 Å². The molecule has 3 heterocycles. The summed E-state index contributed by atoms with van der Waals surface area (Å²) in [6.45, 7) is 8.51. The quantitative estimate of drug-likeness (QED) is 0.899. The second-order valence-electron chi connectivity index (χ2n) is 5.59. The molecule has 2 aromatic rings. The van der Waals surface area contributed by atoms with Crippen LogP contribution in [0.15, 0.2) is 6.20 Å². The van der Waals surface area contributed by atoms with Crippen LogP contribution in [0.3, 0.4) is 0 Å². The molecule has 0 bridgehead atoms. The number of aromatic amines is 1. The van der Waals surface area contributed by atoms with Gasteiger partial charge in [0.1, 0.15) is 5.82 Å². The molecule has 2 N–H and O–H groups in total. The van der Waals surface area contributed by atoms with E-state index in [4.69, 9.17) is 4.98 Å². The standard InChI is InChI=1S/C14H22N6/c1-4-15-14-17-12-11(8-16-19-12)13(18-14)20-7-5-6-9(2)10(20)3/h8-10H,4-7H2,1-3H3,(H2,15,16,17,18,19). The van der Waals surface area contributed by atoms with Crippen molar-refractivity contribution in [2.45, 2.75) is 39.7 Å². The maximum atomic E-state index is 4.72. The number of fused-ring (bicyclic) bond motifs is 1. The SMILES string of the molecule is CCNc1nc(N2CCCC(C)C2C)c2cn[nH]c2n1. The predicted molar refractivity (Wildman–Crippen MR) is 81.1 cm³/mol. The number of piperidine rings is 1. The number of rotatable bonds is 3. The van der Waals surface area contributed by atoms with Gasteiger partial charge in [-0.05, 0) is 32.6 Å². The van der Waals surface area contributed by atoms with Crippen LogP contribution in [0.25, 0.3) is 11.0 Å². The van der Waals surface area contributed by atoms with Crippen molar-refractivity contribution in [3.05, 3.63) is 6.20 Å². The van der Waals surface area contributed by atoms with E-state index in [1.165, 1.54) is 12.8 Å². The monoisotopic (exact) mass is 274 g/mol. The molecule has 2 aromatic heterocycles. The van der Waals surface area contributed by atoms with Gasteiger partial charge in [0.15, 0.2) is 5.65 Å². The lowest BCUT2D eigenvalue weighted by molar-refractivity contribution is 0.362. The summed E-state index contributed by atoms with van der Waals surface area (Å²) in [6.07, 6.45) is 4.33. The average Bonchev–Trinajstić information content (AvgIpc) is 2.90. The third-order valence-corrected chi connectivity index (χ3v) is 4.27. The molecule has 2 atom stereocenters. The van der Waals surface area contributed by atoms with Crippen LogP contribution in [-0.4, -0.2) is 39.3 Å². The van der Waals surface area contributed by atoms with Crippen molar-refractivity contribution in [1.82, 2.24) is 20.2 Å². The summed E-state index contributed by atoms with van der Waals surface area (Å²) >= 11 is 0. The molecule has 0 aromatic carbocycles. The number of hydrogen-bond donors (Lipinski definition) is 2. The molecular weight excluding hydrogens is 252 g/mol. The van der Waals surface area contributed by atoms with E-state index < -0.39 is 0 Å². The summed E-state index contributed by atoms with van der Waals surface area (Å²) in [6, 6.07) is 0.492. The molecule has 0 aliphatic carbocycles. The molecule has 0 saturated carbocycles. The first kappa shape index (κ1) is 13.1. The number of nitrogens with zero attached hydrogens (tertiary/aromatic N) is 4. The Morgan fingerprint density at radius 3 is 3.05 bits per heavy atom. The molecule has 20 heavy (non-hydrogen) atoms. The zero-order valence-corrected chi connectivity index (χ0v) is 12.3. The van der Waals surface area contributed by atoms with Crippen LogP contribution in [0.2, 0.25) is 0 Å². The summed E-state index contributed by atoms with van der Waals surface area (Å²) in [5, 5.41) is 11.3. The molecule has 6 nitrogen and oxygen atoms in total. The topological polar surface area (TPSA) is 69.7 Å². The van der Waals surface area contributed by atoms with Crippen molar-refractivity contribution in [2.24, 2.45) is 5.92 Å². The van der Waals surface area contributed by atoms with E-state index in [1.54, 1.807) is 0 Å². The summed E-state index contributed by atoms with van der Waals surface area (Å²) in [4.78, 5) is 11.6. The molecule has 0 radical (unpaired) electrons. The third kappa shape index (κ3) is 2.19. The molecule has 0 amide bonds. The molecule has 1 fully saturated rings. The number of H-pyrrole nitrogens is 1. The minimum absolute atomic E-state index is 0.492. The minimum atomic E-state index is 0.492. The molecule has 1 aliphatic rings. The molecule has 1 aliphatic heterocycles. The normalized spacial score (nSPS) is 23.2. The fourth-order valence-corrected chi connectivity index (χ4v) is 2.91. The highest BCUT2D eigenvalue weighted by atomic mass is 15.3. The van der Waals surface area contributed by atoms with Crippen LogP contribution in [0.5, 0.6) is 0 Å². The lowest BCUT2D eigenvalue weighted by atomic mass is 9.92. The van der Waals surface area contributed by atoms with Crippen LogP contribution >= 0.6 is 0 Å². The Labute approximate surface area is 119 Å². The first-order valence-corrected chi connectivity index (χ1v) is 7.42. The van der Waals surface area contributed by atoms with Crippen molar-refractivity contribution in [3.8, 4) is 0 Å². The minimum Gasteiger partial charge on any atom is -0.354 e. The fraction of sp³-hybridized carbons (Fsp3) is 0.643. The third-order valence-electron chi connectivity index (χ3n) is 4.27. The van der Waals surface area contributed by atoms with E-state index >= 15 is 0 Å². The Bertz CT molecular complexity index is 592. The van der Waals surface area contributed by atoms with Gasteiger partial charge in [0.05, 0.1) is 11.6 Å². The van der Waals surface area contributed by atoms with Crippen LogP contribution in [0.4, 0.5) is 11.8 Å². The Morgan fingerprint density at radius 1 is 1.40 bits per heavy atom. The van der Waals surface area contributed by atoms with Gasteiger partial charge in [-0.2, -0.15) is 15.1 Å². The van der Waals surface area contributed by atoms with Crippen LogP contribution in [0.1, 0.15) is 33.6 Å². The maximum absolute atomic E-state index is 4.72. The average molecular weight is 274 g/mol. The lowest BCUT2D eigenvalue weighted by Gasteiger charge is -2.39. The van der Waals surface area contributed by atoms with Crippen molar-refractivity contribution in [1.29, 1.82) is 0 Å². The van der Waals surface area contributed by atoms with E-state index in [2.05, 4.69) is 39.2 Å². The number of anilines is 2. The predicted octanol–water partition coefficient (Wildman–Crippen LogP) is 2.41. The van der Waals surface area contributed by atoms with E-state index in [9.17, 15) is 0 Å². The molecule has 2 unspecified atom stereocenters. The van der Waals surface area contributed by atoms with Crippen LogP contribution in [-0.2, 0) is 0 Å². The highest BCUT2D eigenvalue weighted by molar-refractivity contribution is 5.87. The van der Waals surface area contributed by atoms with E-state index in [0.29, 0.717) is 17.9 Å². The summed E-state index contributed by atoms with van der Waals surface area (Å²) in [5.41, 5.74) is 0.802. The molecule has 6 heteroatoms. The highest BCUT2D eigenvalue weighted by Crippen LogP contribution is 2.31. The van der Waals surface area contributed by atoms with E-state index in [-0.39, 0.29) is 0 Å². The largest absolute Gasteiger partial charge is 0.354 e. The molecule has 1 saturated heterocycles. The summed E-state index contributed by atoms with van der Waals surface area (Å²) in [5.74, 6) is 2.35. The van der Waals surface area contributed by atoms with Crippen molar-refractivity contribution in [2.75, 3.05) is 23.3 Å². The van der Waals surface area contributed by atoms with Crippen molar-refractivity contribution >= 4 is 22.8 Å². The smallest absolute Gasteiger partial charge is 0.226 e. The first-order valence-electron chi connectivity index (χ1n) is 7.42. The summed E-state index contributed by atoms with van der Waals surface area (Å²) in [7, 11) is 0. The first-order chi connectivity index (χ1) is 9.70. The van der Waals surface area contributed by atoms with Crippen molar-refractivity contribution < 1.29 is 0 Å². The summed E-state index contributed by atoms with van der Waals surface area (Å²) < 4.78 is 0. The molecule has 3 rings (SSSR count). The Hall–Kier alpha value is -1.85. The number of nitrogens with one attached hydrogen (secondary N) is 2. The maximum Gasteiger partial charge on any atom is 0.226 e. The fourth-order valence-electron chi connectivity index (χ4n) is 2.91. The zero-order chi connectivity index (χ0) is 14.1. The second kappa shape index (κ2) is 5.26. The Balaban J connectivity index is 2.06. The molecular formula is C14H22N6. The van der Waals surface area contributed by atoms with Gasteiger partial charge in [-0.3, -0.25) is 5.10 Å². The molecule has 108 valence electrons. The Kier molecular flexibility index (Phi) is 3.46. The van der Waals surface area contributed by atoms with E-state index in [1.807, 2.05) is 13.1 Å². The van der Waals surface area contributed by atoms with Gasteiger partial charge >= 0.3 is 0 Å². The Morgan fingerprint density at radius 2 is 2.25 bits per heavy atom. The zero-order valence-electron chi connectivity index (χ0n) is 12.3. The molecule has 0 spiro atoms. The van der Waals surface area contributed by atoms with Gasteiger partial charge in [-0.15, -0.1) is 0 Å². The number of hydrogen-bond acceptors (Lipinski definition) is 5. The van der Waals surface area contributed by atoms with Gasteiger partial charge in [-0.1, -0.05) is 6.92 Å². The van der Waals surface area contributed by atoms with E-state index in [0.717, 1.165) is 29.9 Å². The number of aromatic nitrogens is 4. The highest BCUT2D eigenvalue weighted by Gasteiger charge is 2.27. The van der Waals surface area contributed by atoms with Crippen LogP contribution in [0, 0.1) is 5.92 Å². The van der Waals surface area contributed by atoms with Gasteiger partial charge in [0.2, 0.25) is 5.95 Å². The second-order valence-corrected chi connectivity index (χ2v) is 5.59. The van der Waals surface area contributed by atoms with Gasteiger partial charge in [0.25, 0.3) is 0 Å². The van der Waals surface area contributed by atoms with Gasteiger partial charge in [0, 0.05) is 19.1 Å².